The van der Waals surface area contributed by atoms with E-state index in [0.717, 1.165) is 24.1 Å². The molecule has 6 heteroatoms. The van der Waals surface area contributed by atoms with Crippen LogP contribution in [0.1, 0.15) is 49.7 Å². The molecule has 120 valence electrons. The van der Waals surface area contributed by atoms with Crippen LogP contribution in [0.4, 0.5) is 0 Å². The lowest BCUT2D eigenvalue weighted by atomic mass is 9.85. The van der Waals surface area contributed by atoms with Crippen molar-refractivity contribution in [2.75, 3.05) is 0 Å². The minimum absolute atomic E-state index is 0.301. The molecule has 0 bridgehead atoms. The highest BCUT2D eigenvalue weighted by Gasteiger charge is 2.25. The van der Waals surface area contributed by atoms with Crippen molar-refractivity contribution in [3.8, 4) is 0 Å². The number of pyridine rings is 1. The van der Waals surface area contributed by atoms with Gasteiger partial charge in [-0.2, -0.15) is 10.2 Å². The van der Waals surface area contributed by atoms with Crippen molar-refractivity contribution in [1.82, 2.24) is 24.4 Å². The van der Waals surface area contributed by atoms with Crippen molar-refractivity contribution in [3.63, 3.8) is 0 Å². The molecule has 0 saturated heterocycles. The van der Waals surface area contributed by atoms with Gasteiger partial charge in [-0.1, -0.05) is 25.3 Å². The topological polar surface area (TPSA) is 68.2 Å². The van der Waals surface area contributed by atoms with Gasteiger partial charge in [-0.05, 0) is 37.0 Å². The molecule has 3 aromatic heterocycles. The molecular weight excluding hydrogens is 290 g/mol. The van der Waals surface area contributed by atoms with Gasteiger partial charge in [0, 0.05) is 6.20 Å². The highest BCUT2D eigenvalue weighted by molar-refractivity contribution is 5.46. The standard InChI is InChI=1S/C17H21N5O/c23-16(13-6-2-1-3-7-13)17-18-12-21(20-17)11-14-10-15-8-4-5-9-22(15)19-14/h4-5,8-10,12-13,16,23H,1-3,6-7,11H2. The predicted molar refractivity (Wildman–Crippen MR) is 85.9 cm³/mol. The minimum Gasteiger partial charge on any atom is -0.385 e. The van der Waals surface area contributed by atoms with Crippen molar-refractivity contribution >= 4 is 5.52 Å². The molecule has 0 radical (unpaired) electrons. The van der Waals surface area contributed by atoms with E-state index < -0.39 is 6.10 Å². The van der Waals surface area contributed by atoms with E-state index >= 15 is 0 Å². The number of aromatic nitrogens is 5. The fourth-order valence-corrected chi connectivity index (χ4v) is 3.42. The van der Waals surface area contributed by atoms with E-state index in [1.54, 1.807) is 11.0 Å². The van der Waals surface area contributed by atoms with Crippen LogP contribution in [0.15, 0.2) is 36.8 Å². The molecule has 4 rings (SSSR count). The first-order chi connectivity index (χ1) is 11.3. The van der Waals surface area contributed by atoms with Gasteiger partial charge in [-0.3, -0.25) is 0 Å². The van der Waals surface area contributed by atoms with Gasteiger partial charge in [0.2, 0.25) is 0 Å². The Morgan fingerprint density at radius 3 is 2.87 bits per heavy atom. The Morgan fingerprint density at radius 2 is 2.04 bits per heavy atom. The Labute approximate surface area is 134 Å². The molecule has 1 N–H and O–H groups in total. The summed E-state index contributed by atoms with van der Waals surface area (Å²) in [6.45, 7) is 0.562. The largest absolute Gasteiger partial charge is 0.385 e. The molecule has 1 aliphatic rings. The monoisotopic (exact) mass is 311 g/mol. The second kappa shape index (κ2) is 6.12. The Bertz CT molecular complexity index is 754. The Morgan fingerprint density at radius 1 is 1.17 bits per heavy atom. The van der Waals surface area contributed by atoms with Crippen LogP contribution in [0.2, 0.25) is 0 Å². The van der Waals surface area contributed by atoms with Gasteiger partial charge in [-0.25, -0.2) is 14.2 Å². The molecule has 3 heterocycles. The second-order valence-corrected chi connectivity index (χ2v) is 6.35. The maximum Gasteiger partial charge on any atom is 0.179 e. The molecule has 3 aromatic rings. The SMILES string of the molecule is OC(c1ncn(Cc2cc3ccccn3n2)n1)C1CCCCC1. The van der Waals surface area contributed by atoms with E-state index in [4.69, 9.17) is 0 Å². The highest BCUT2D eigenvalue weighted by Crippen LogP contribution is 2.32. The summed E-state index contributed by atoms with van der Waals surface area (Å²) in [5, 5.41) is 19.5. The van der Waals surface area contributed by atoms with Crippen LogP contribution in [-0.2, 0) is 6.54 Å². The van der Waals surface area contributed by atoms with Gasteiger partial charge in [0.05, 0.1) is 17.8 Å². The van der Waals surface area contributed by atoms with E-state index in [0.29, 0.717) is 18.3 Å². The smallest absolute Gasteiger partial charge is 0.179 e. The molecule has 0 spiro atoms. The molecule has 1 atom stereocenters. The summed E-state index contributed by atoms with van der Waals surface area (Å²) in [4.78, 5) is 4.31. The fourth-order valence-electron chi connectivity index (χ4n) is 3.42. The van der Waals surface area contributed by atoms with E-state index in [1.807, 2.05) is 35.0 Å². The minimum atomic E-state index is -0.544. The van der Waals surface area contributed by atoms with Crippen LogP contribution in [0.25, 0.3) is 5.52 Å². The molecule has 1 unspecified atom stereocenters. The summed E-state index contributed by atoms with van der Waals surface area (Å²) in [5.41, 5.74) is 1.99. The van der Waals surface area contributed by atoms with Gasteiger partial charge in [0.25, 0.3) is 0 Å². The lowest BCUT2D eigenvalue weighted by molar-refractivity contribution is 0.0770. The first-order valence-electron chi connectivity index (χ1n) is 8.30. The quantitative estimate of drug-likeness (QED) is 0.804. The highest BCUT2D eigenvalue weighted by atomic mass is 16.3. The van der Waals surface area contributed by atoms with Crippen molar-refractivity contribution in [2.24, 2.45) is 5.92 Å². The van der Waals surface area contributed by atoms with E-state index in [1.165, 1.54) is 19.3 Å². The molecule has 1 aliphatic carbocycles. The Hall–Kier alpha value is -2.21. The summed E-state index contributed by atoms with van der Waals surface area (Å²) in [7, 11) is 0. The van der Waals surface area contributed by atoms with E-state index in [2.05, 4.69) is 15.2 Å². The molecular formula is C17H21N5O. The summed E-state index contributed by atoms with van der Waals surface area (Å²) < 4.78 is 3.60. The van der Waals surface area contributed by atoms with Crippen LogP contribution in [0, 0.1) is 5.92 Å². The molecule has 0 amide bonds. The zero-order chi connectivity index (χ0) is 15.6. The summed E-state index contributed by atoms with van der Waals surface area (Å²) >= 11 is 0. The van der Waals surface area contributed by atoms with Crippen LogP contribution in [0.3, 0.4) is 0 Å². The third kappa shape index (κ3) is 2.99. The third-order valence-corrected chi connectivity index (χ3v) is 4.66. The maximum absolute atomic E-state index is 10.5. The van der Waals surface area contributed by atoms with Crippen molar-refractivity contribution < 1.29 is 5.11 Å². The molecule has 0 aliphatic heterocycles. The molecule has 0 aromatic carbocycles. The zero-order valence-corrected chi connectivity index (χ0v) is 13.0. The molecule has 1 saturated carbocycles. The lowest BCUT2D eigenvalue weighted by Crippen LogP contribution is -2.17. The van der Waals surface area contributed by atoms with Crippen LogP contribution in [0.5, 0.6) is 0 Å². The van der Waals surface area contributed by atoms with Gasteiger partial charge in [0.1, 0.15) is 12.4 Å². The summed E-state index contributed by atoms with van der Waals surface area (Å²) in [6, 6.07) is 8.02. The average molecular weight is 311 g/mol. The summed E-state index contributed by atoms with van der Waals surface area (Å²) in [5.74, 6) is 0.843. The maximum atomic E-state index is 10.5. The lowest BCUT2D eigenvalue weighted by Gasteiger charge is -2.24. The first kappa shape index (κ1) is 14.4. The van der Waals surface area contributed by atoms with E-state index in [9.17, 15) is 5.11 Å². The number of fused-ring (bicyclic) bond motifs is 1. The normalized spacial score (nSPS) is 17.6. The number of rotatable bonds is 4. The number of hydrogen-bond donors (Lipinski definition) is 1. The second-order valence-electron chi connectivity index (χ2n) is 6.35. The average Bonchev–Trinajstić information content (AvgIpc) is 3.21. The van der Waals surface area contributed by atoms with Gasteiger partial charge < -0.3 is 5.11 Å². The van der Waals surface area contributed by atoms with Crippen molar-refractivity contribution in [1.29, 1.82) is 0 Å². The van der Waals surface area contributed by atoms with Crippen LogP contribution < -0.4 is 0 Å². The predicted octanol–water partition coefficient (Wildman–Crippen LogP) is 2.59. The number of aliphatic hydroxyl groups is 1. The van der Waals surface area contributed by atoms with Gasteiger partial charge in [0.15, 0.2) is 5.82 Å². The van der Waals surface area contributed by atoms with Crippen LogP contribution >= 0.6 is 0 Å². The zero-order valence-electron chi connectivity index (χ0n) is 13.0. The number of hydrogen-bond acceptors (Lipinski definition) is 4. The number of aliphatic hydroxyl groups excluding tert-OH is 1. The fraction of sp³-hybridized carbons (Fsp3) is 0.471. The van der Waals surface area contributed by atoms with Crippen molar-refractivity contribution in [2.45, 2.75) is 44.8 Å². The van der Waals surface area contributed by atoms with Gasteiger partial charge >= 0.3 is 0 Å². The summed E-state index contributed by atoms with van der Waals surface area (Å²) in [6.07, 6.45) is 8.89. The number of nitrogens with zero attached hydrogens (tertiary/aromatic N) is 5. The molecule has 1 fully saturated rings. The van der Waals surface area contributed by atoms with Crippen LogP contribution in [-0.4, -0.2) is 29.5 Å². The molecule has 6 nitrogen and oxygen atoms in total. The van der Waals surface area contributed by atoms with E-state index in [-0.39, 0.29) is 0 Å². The van der Waals surface area contributed by atoms with Gasteiger partial charge in [-0.15, -0.1) is 0 Å². The third-order valence-electron chi connectivity index (χ3n) is 4.66. The molecule has 23 heavy (non-hydrogen) atoms. The Balaban J connectivity index is 1.48. The first-order valence-corrected chi connectivity index (χ1v) is 8.30. The van der Waals surface area contributed by atoms with Crippen molar-refractivity contribution in [3.05, 3.63) is 48.3 Å². The Kier molecular flexibility index (Phi) is 3.83.